The van der Waals surface area contributed by atoms with Crippen LogP contribution < -0.4 is 10.6 Å². The fourth-order valence-corrected chi connectivity index (χ4v) is 2.19. The average molecular weight is 356 g/mol. The van der Waals surface area contributed by atoms with Crippen molar-refractivity contribution in [3.8, 4) is 0 Å². The molecule has 0 aliphatic heterocycles. The molecule has 0 spiro atoms. The largest absolute Gasteiger partial charge is 0.465 e. The number of nitrogens with one attached hydrogen (secondary N) is 2. The van der Waals surface area contributed by atoms with E-state index in [2.05, 4.69) is 25.3 Å². The second kappa shape index (κ2) is 7.56. The molecule has 0 saturated heterocycles. The Balaban J connectivity index is 1.78. The quantitative estimate of drug-likeness (QED) is 0.672. The highest BCUT2D eigenvalue weighted by atomic mass is 19.1. The fourth-order valence-electron chi connectivity index (χ4n) is 2.19. The third kappa shape index (κ3) is 4.10. The Morgan fingerprint density at radius 1 is 1.08 bits per heavy atom. The minimum Gasteiger partial charge on any atom is -0.465 e. The molecule has 0 saturated carbocycles. The third-order valence-corrected chi connectivity index (χ3v) is 3.39. The van der Waals surface area contributed by atoms with Crippen LogP contribution in [0.15, 0.2) is 54.7 Å². The van der Waals surface area contributed by atoms with Crippen molar-refractivity contribution in [2.24, 2.45) is 0 Å². The van der Waals surface area contributed by atoms with E-state index in [1.54, 1.807) is 30.3 Å². The van der Waals surface area contributed by atoms with Gasteiger partial charge in [0, 0.05) is 18.0 Å². The summed E-state index contributed by atoms with van der Waals surface area (Å²) in [5.74, 6) is -1.32. The molecule has 2 N–H and O–H groups in total. The van der Waals surface area contributed by atoms with Gasteiger partial charge in [0.1, 0.15) is 17.5 Å². The number of anilines is 4. The third-order valence-electron chi connectivity index (χ3n) is 3.39. The minimum absolute atomic E-state index is 0.0521. The molecule has 0 radical (unpaired) electrons. The second-order valence-corrected chi connectivity index (χ2v) is 5.21. The van der Waals surface area contributed by atoms with Gasteiger partial charge < -0.3 is 15.4 Å². The Morgan fingerprint density at radius 2 is 1.92 bits per heavy atom. The van der Waals surface area contributed by atoms with Gasteiger partial charge in [-0.15, -0.1) is 0 Å². The van der Waals surface area contributed by atoms with Crippen LogP contribution >= 0.6 is 0 Å². The molecule has 6 nitrogen and oxygen atoms in total. The number of carbonyl (C=O) groups is 1. The maximum absolute atomic E-state index is 13.7. The fraction of sp³-hybridized carbons (Fsp3) is 0.0556. The Hall–Kier alpha value is -3.55. The van der Waals surface area contributed by atoms with E-state index in [0.29, 0.717) is 17.1 Å². The van der Waals surface area contributed by atoms with Crippen LogP contribution in [-0.4, -0.2) is 23.0 Å². The van der Waals surface area contributed by atoms with Gasteiger partial charge >= 0.3 is 5.97 Å². The zero-order valence-electron chi connectivity index (χ0n) is 13.7. The van der Waals surface area contributed by atoms with Gasteiger partial charge in [0.15, 0.2) is 0 Å². The van der Waals surface area contributed by atoms with Gasteiger partial charge in [0.05, 0.1) is 18.4 Å². The summed E-state index contributed by atoms with van der Waals surface area (Å²) in [5.41, 5.74) is 1.06. The number of carbonyl (C=O) groups excluding carboxylic acids is 1. The lowest BCUT2D eigenvalue weighted by Crippen LogP contribution is -2.03. The van der Waals surface area contributed by atoms with E-state index in [0.717, 1.165) is 12.1 Å². The molecule has 0 aliphatic carbocycles. The summed E-state index contributed by atoms with van der Waals surface area (Å²) in [4.78, 5) is 19.8. The predicted molar refractivity (Wildman–Crippen MR) is 92.7 cm³/mol. The first-order valence-electron chi connectivity index (χ1n) is 7.55. The first kappa shape index (κ1) is 17.3. The minimum atomic E-state index is -0.752. The SMILES string of the molecule is COC(=O)c1cccc(Nc2ccnc(Nc3ccc(F)cc3F)n2)c1. The van der Waals surface area contributed by atoms with Crippen molar-refractivity contribution in [3.05, 3.63) is 71.9 Å². The molecule has 8 heteroatoms. The van der Waals surface area contributed by atoms with Crippen LogP contribution in [0.25, 0.3) is 0 Å². The summed E-state index contributed by atoms with van der Waals surface area (Å²) in [5, 5.41) is 5.71. The lowest BCUT2D eigenvalue weighted by atomic mass is 10.2. The zero-order chi connectivity index (χ0) is 18.5. The van der Waals surface area contributed by atoms with Gasteiger partial charge in [0.2, 0.25) is 5.95 Å². The molecule has 132 valence electrons. The number of ether oxygens (including phenoxy) is 1. The molecular formula is C18H14F2N4O2. The summed E-state index contributed by atoms with van der Waals surface area (Å²) in [6.07, 6.45) is 1.48. The number of esters is 1. The Morgan fingerprint density at radius 3 is 2.69 bits per heavy atom. The highest BCUT2D eigenvalue weighted by Crippen LogP contribution is 2.21. The first-order chi connectivity index (χ1) is 12.5. The number of aromatic nitrogens is 2. The molecule has 1 heterocycles. The van der Waals surface area contributed by atoms with Crippen molar-refractivity contribution in [1.29, 1.82) is 0 Å². The van der Waals surface area contributed by atoms with Gasteiger partial charge in [-0.25, -0.2) is 18.6 Å². The summed E-state index contributed by atoms with van der Waals surface area (Å²) in [6.45, 7) is 0. The Bertz CT molecular complexity index is 950. The van der Waals surface area contributed by atoms with Crippen LogP contribution in [0.4, 0.5) is 31.9 Å². The van der Waals surface area contributed by atoms with Crippen LogP contribution in [0.1, 0.15) is 10.4 Å². The standard InChI is InChI=1S/C18H14F2N4O2/c1-26-17(25)11-3-2-4-13(9-11)22-16-7-8-21-18(24-16)23-15-6-5-12(19)10-14(15)20/h2-10H,1H3,(H2,21,22,23,24). The van der Waals surface area contributed by atoms with Gasteiger partial charge in [-0.05, 0) is 36.4 Å². The van der Waals surface area contributed by atoms with Gasteiger partial charge in [-0.1, -0.05) is 6.07 Å². The van der Waals surface area contributed by atoms with E-state index in [1.807, 2.05) is 0 Å². The van der Waals surface area contributed by atoms with Crippen LogP contribution in [0, 0.1) is 11.6 Å². The predicted octanol–water partition coefficient (Wildman–Crippen LogP) is 4.03. The van der Waals surface area contributed by atoms with E-state index in [4.69, 9.17) is 0 Å². The van der Waals surface area contributed by atoms with Gasteiger partial charge in [0.25, 0.3) is 0 Å². The highest BCUT2D eigenvalue weighted by molar-refractivity contribution is 5.90. The maximum atomic E-state index is 13.7. The smallest absolute Gasteiger partial charge is 0.337 e. The summed E-state index contributed by atoms with van der Waals surface area (Å²) < 4.78 is 31.4. The number of benzene rings is 2. The number of rotatable bonds is 5. The van der Waals surface area contributed by atoms with Gasteiger partial charge in [-0.2, -0.15) is 4.98 Å². The molecule has 1 aromatic heterocycles. The lowest BCUT2D eigenvalue weighted by molar-refractivity contribution is 0.0601. The zero-order valence-corrected chi connectivity index (χ0v) is 13.7. The number of methoxy groups -OCH3 is 1. The van der Waals surface area contributed by atoms with Gasteiger partial charge in [-0.3, -0.25) is 0 Å². The highest BCUT2D eigenvalue weighted by Gasteiger charge is 2.08. The number of nitrogens with zero attached hydrogens (tertiary/aromatic N) is 2. The molecule has 0 fully saturated rings. The van der Waals surface area contributed by atoms with E-state index in [1.165, 1.54) is 19.4 Å². The summed E-state index contributed by atoms with van der Waals surface area (Å²) in [7, 11) is 1.30. The van der Waals surface area contributed by atoms with Crippen LogP contribution in [0.3, 0.4) is 0 Å². The Kier molecular flexibility index (Phi) is 5.02. The van der Waals surface area contributed by atoms with Crippen molar-refractivity contribution in [2.75, 3.05) is 17.7 Å². The molecule has 2 aromatic carbocycles. The number of halogens is 2. The topological polar surface area (TPSA) is 76.1 Å². The molecule has 0 bridgehead atoms. The lowest BCUT2D eigenvalue weighted by Gasteiger charge is -2.10. The normalized spacial score (nSPS) is 10.3. The molecule has 3 rings (SSSR count). The van der Waals surface area contributed by atoms with E-state index in [9.17, 15) is 13.6 Å². The van der Waals surface area contributed by atoms with Crippen LogP contribution in [-0.2, 0) is 4.74 Å². The molecule has 0 unspecified atom stereocenters. The summed E-state index contributed by atoms with van der Waals surface area (Å²) in [6, 6.07) is 11.5. The first-order valence-corrected chi connectivity index (χ1v) is 7.55. The summed E-state index contributed by atoms with van der Waals surface area (Å²) >= 11 is 0. The van der Waals surface area contributed by atoms with E-state index in [-0.39, 0.29) is 11.6 Å². The molecule has 26 heavy (non-hydrogen) atoms. The van der Waals surface area contributed by atoms with Crippen molar-refractivity contribution in [1.82, 2.24) is 9.97 Å². The van der Waals surface area contributed by atoms with Crippen LogP contribution in [0.5, 0.6) is 0 Å². The Labute approximate surface area is 147 Å². The monoisotopic (exact) mass is 356 g/mol. The molecule has 3 aromatic rings. The number of hydrogen-bond acceptors (Lipinski definition) is 6. The maximum Gasteiger partial charge on any atom is 0.337 e. The van der Waals surface area contributed by atoms with E-state index < -0.39 is 17.6 Å². The molecule has 0 atom stereocenters. The van der Waals surface area contributed by atoms with Crippen molar-refractivity contribution in [2.45, 2.75) is 0 Å². The molecule has 0 amide bonds. The molecular weight excluding hydrogens is 342 g/mol. The van der Waals surface area contributed by atoms with Crippen molar-refractivity contribution < 1.29 is 18.3 Å². The van der Waals surface area contributed by atoms with Crippen LogP contribution in [0.2, 0.25) is 0 Å². The van der Waals surface area contributed by atoms with Crippen molar-refractivity contribution in [3.63, 3.8) is 0 Å². The number of hydrogen-bond donors (Lipinski definition) is 2. The van der Waals surface area contributed by atoms with Crippen molar-refractivity contribution >= 4 is 29.1 Å². The van der Waals surface area contributed by atoms with E-state index >= 15 is 0 Å². The second-order valence-electron chi connectivity index (χ2n) is 5.21. The average Bonchev–Trinajstić information content (AvgIpc) is 2.64. The molecule has 0 aliphatic rings.